The van der Waals surface area contributed by atoms with E-state index in [1.165, 1.54) is 35.6 Å². The Labute approximate surface area is 156 Å². The van der Waals surface area contributed by atoms with E-state index in [4.69, 9.17) is 4.52 Å². The molecule has 4 rings (SSSR count). The fourth-order valence-corrected chi connectivity index (χ4v) is 4.64. The maximum Gasteiger partial charge on any atom is 0.260 e. The molecule has 1 aromatic heterocycles. The quantitative estimate of drug-likeness (QED) is 0.763. The summed E-state index contributed by atoms with van der Waals surface area (Å²) < 4.78 is 32.1. The van der Waals surface area contributed by atoms with Crippen LogP contribution in [0.25, 0.3) is 0 Å². The summed E-state index contributed by atoms with van der Waals surface area (Å²) in [6.07, 6.45) is 2.18. The van der Waals surface area contributed by atoms with Gasteiger partial charge in [-0.1, -0.05) is 5.16 Å². The number of carbonyl (C=O) groups excluding carboxylic acids is 1. The van der Waals surface area contributed by atoms with Crippen LogP contribution in [0.4, 0.5) is 0 Å². The van der Waals surface area contributed by atoms with Crippen molar-refractivity contribution in [1.29, 1.82) is 0 Å². The number of carbonyl (C=O) groups is 1. The number of β-amino-alcohol motifs (C(OH)–C–C–N with tert-alkyl or cyclic N) is 1. The molecule has 2 fully saturated rings. The Morgan fingerprint density at radius 2 is 2.04 bits per heavy atom. The summed E-state index contributed by atoms with van der Waals surface area (Å²) in [7, 11) is -2.31. The van der Waals surface area contributed by atoms with E-state index in [2.05, 4.69) is 15.5 Å². The summed E-state index contributed by atoms with van der Waals surface area (Å²) in [6.45, 7) is -0.0179. The van der Waals surface area contributed by atoms with E-state index in [-0.39, 0.29) is 42.1 Å². The second-order valence-electron chi connectivity index (χ2n) is 6.96. The van der Waals surface area contributed by atoms with Gasteiger partial charge in [-0.05, 0) is 37.1 Å². The van der Waals surface area contributed by atoms with Crippen LogP contribution in [0.5, 0.6) is 0 Å². The van der Waals surface area contributed by atoms with Crippen molar-refractivity contribution in [3.63, 3.8) is 0 Å². The van der Waals surface area contributed by atoms with Gasteiger partial charge in [0.25, 0.3) is 11.8 Å². The highest BCUT2D eigenvalue weighted by molar-refractivity contribution is 7.89. The minimum Gasteiger partial charge on any atom is -0.379 e. The average molecular weight is 392 g/mol. The second-order valence-corrected chi connectivity index (χ2v) is 8.89. The van der Waals surface area contributed by atoms with Crippen LogP contribution in [-0.4, -0.2) is 54.0 Å². The normalized spacial score (nSPS) is 23.5. The largest absolute Gasteiger partial charge is 0.379 e. The molecule has 1 atom stereocenters. The first-order valence-corrected chi connectivity index (χ1v) is 10.2. The average Bonchev–Trinajstić information content (AvgIpc) is 3.24. The number of benzene rings is 1. The number of nitrogens with one attached hydrogen (secondary N) is 1. The molecule has 2 aliphatic rings. The van der Waals surface area contributed by atoms with E-state index < -0.39 is 15.6 Å². The number of amides is 1. The smallest absolute Gasteiger partial charge is 0.260 e. The predicted octanol–water partition coefficient (Wildman–Crippen LogP) is 0.589. The molecule has 144 valence electrons. The molecule has 1 saturated heterocycles. The zero-order valence-electron chi connectivity index (χ0n) is 14.8. The molecule has 1 aromatic carbocycles. The fourth-order valence-electron chi connectivity index (χ4n) is 3.14. The fraction of sp³-hybridized carbons (Fsp3) is 0.471. The number of aromatic nitrogens is 2. The van der Waals surface area contributed by atoms with Crippen molar-refractivity contribution < 1.29 is 22.8 Å². The van der Waals surface area contributed by atoms with Crippen molar-refractivity contribution in [1.82, 2.24) is 19.8 Å². The molecule has 2 aromatic rings. The lowest BCUT2D eigenvalue weighted by Crippen LogP contribution is -2.34. The molecule has 1 aliphatic heterocycles. The Morgan fingerprint density at radius 1 is 1.33 bits per heavy atom. The van der Waals surface area contributed by atoms with Gasteiger partial charge in [0.1, 0.15) is 0 Å². The highest BCUT2D eigenvalue weighted by Gasteiger charge is 2.47. The van der Waals surface area contributed by atoms with Gasteiger partial charge in [-0.25, -0.2) is 8.42 Å². The maximum atomic E-state index is 12.9. The molecule has 1 aliphatic carbocycles. The summed E-state index contributed by atoms with van der Waals surface area (Å²) in [5.41, 5.74) is -1.12. The number of hydrogen-bond donors (Lipinski definition) is 2. The van der Waals surface area contributed by atoms with E-state index in [1.54, 1.807) is 0 Å². The topological polar surface area (TPSA) is 126 Å². The number of sulfonamides is 1. The summed E-state index contributed by atoms with van der Waals surface area (Å²) in [4.78, 5) is 15.9. The number of rotatable bonds is 5. The highest BCUT2D eigenvalue weighted by Crippen LogP contribution is 2.40. The Bertz CT molecular complexity index is 967. The maximum absolute atomic E-state index is 12.9. The first kappa shape index (κ1) is 18.1. The van der Waals surface area contributed by atoms with Crippen molar-refractivity contribution in [3.05, 3.63) is 41.5 Å². The summed E-state index contributed by atoms with van der Waals surface area (Å²) in [5.74, 6) is 0.630. The second kappa shape index (κ2) is 6.39. The Hall–Kier alpha value is -2.30. The monoisotopic (exact) mass is 392 g/mol. The minimum atomic E-state index is -3.81. The van der Waals surface area contributed by atoms with E-state index in [0.29, 0.717) is 11.4 Å². The van der Waals surface area contributed by atoms with Gasteiger partial charge in [-0.3, -0.25) is 4.79 Å². The van der Waals surface area contributed by atoms with Gasteiger partial charge in [-0.15, -0.1) is 0 Å². The van der Waals surface area contributed by atoms with E-state index in [9.17, 15) is 18.3 Å². The molecule has 0 bridgehead atoms. The molecule has 10 heteroatoms. The Kier molecular flexibility index (Phi) is 4.28. The van der Waals surface area contributed by atoms with Gasteiger partial charge in [0, 0.05) is 31.5 Å². The van der Waals surface area contributed by atoms with Crippen molar-refractivity contribution >= 4 is 15.9 Å². The van der Waals surface area contributed by atoms with Crippen LogP contribution in [0.15, 0.2) is 33.7 Å². The summed E-state index contributed by atoms with van der Waals surface area (Å²) in [5, 5.41) is 17.2. The lowest BCUT2D eigenvalue weighted by atomic mass is 10.0. The zero-order chi connectivity index (χ0) is 19.2. The molecule has 1 amide bonds. The van der Waals surface area contributed by atoms with E-state index in [0.717, 1.165) is 12.8 Å². The first-order valence-electron chi connectivity index (χ1n) is 8.72. The third-order valence-electron chi connectivity index (χ3n) is 4.98. The number of hydrogen-bond acceptors (Lipinski definition) is 7. The molecule has 0 spiro atoms. The molecule has 0 unspecified atom stereocenters. The molecule has 1 saturated carbocycles. The molecule has 9 nitrogen and oxygen atoms in total. The molecule has 2 N–H and O–H groups in total. The summed E-state index contributed by atoms with van der Waals surface area (Å²) in [6, 6.07) is 5.67. The van der Waals surface area contributed by atoms with Crippen LogP contribution in [0.2, 0.25) is 0 Å². The number of nitrogens with zero attached hydrogens (tertiary/aromatic N) is 3. The van der Waals surface area contributed by atoms with Gasteiger partial charge >= 0.3 is 0 Å². The first-order chi connectivity index (χ1) is 12.8. The van der Waals surface area contributed by atoms with E-state index in [1.807, 2.05) is 0 Å². The van der Waals surface area contributed by atoms with Crippen molar-refractivity contribution in [3.8, 4) is 0 Å². The molecule has 27 heavy (non-hydrogen) atoms. The molecular formula is C17H20N4O5S. The SMILES string of the molecule is CNC(=O)c1ccc(S(=O)(=O)N2CC[C@@](O)(c3nc(C4CC4)no3)C2)cc1. The van der Waals surface area contributed by atoms with Crippen LogP contribution in [0.1, 0.15) is 47.3 Å². The van der Waals surface area contributed by atoms with Crippen LogP contribution in [-0.2, 0) is 15.6 Å². The van der Waals surface area contributed by atoms with Crippen LogP contribution in [0.3, 0.4) is 0 Å². The minimum absolute atomic E-state index is 0.0589. The van der Waals surface area contributed by atoms with Crippen molar-refractivity contribution in [2.75, 3.05) is 20.1 Å². The lowest BCUT2D eigenvalue weighted by molar-refractivity contribution is 0.0194. The molecule has 0 radical (unpaired) electrons. The van der Waals surface area contributed by atoms with Gasteiger partial charge in [0.2, 0.25) is 10.0 Å². The molecule has 2 heterocycles. The highest BCUT2D eigenvalue weighted by atomic mass is 32.2. The van der Waals surface area contributed by atoms with Crippen LogP contribution >= 0.6 is 0 Å². The van der Waals surface area contributed by atoms with Crippen LogP contribution in [0, 0.1) is 0 Å². The standard InChI is InChI=1S/C17H20N4O5S/c1-18-15(22)12-4-6-13(7-5-12)27(24,25)21-9-8-17(23,10-21)16-19-14(20-26-16)11-2-3-11/h4-7,11,23H,2-3,8-10H2,1H3,(H,18,22)/t17-/m0/s1. The molecular weight excluding hydrogens is 372 g/mol. The third kappa shape index (κ3) is 3.24. The Morgan fingerprint density at radius 3 is 2.67 bits per heavy atom. The summed E-state index contributed by atoms with van der Waals surface area (Å²) >= 11 is 0. The number of aliphatic hydroxyl groups is 1. The van der Waals surface area contributed by atoms with Crippen molar-refractivity contribution in [2.45, 2.75) is 35.7 Å². The Balaban J connectivity index is 1.53. The van der Waals surface area contributed by atoms with Gasteiger partial charge in [0.15, 0.2) is 11.4 Å². The zero-order valence-corrected chi connectivity index (χ0v) is 15.6. The third-order valence-corrected chi connectivity index (χ3v) is 6.84. The van der Waals surface area contributed by atoms with Gasteiger partial charge < -0.3 is 14.9 Å². The van der Waals surface area contributed by atoms with Gasteiger partial charge in [-0.2, -0.15) is 9.29 Å². The van der Waals surface area contributed by atoms with Crippen LogP contribution < -0.4 is 5.32 Å². The van der Waals surface area contributed by atoms with E-state index >= 15 is 0 Å². The predicted molar refractivity (Wildman–Crippen MR) is 93.4 cm³/mol. The lowest BCUT2D eigenvalue weighted by Gasteiger charge is -2.19. The van der Waals surface area contributed by atoms with Crippen molar-refractivity contribution in [2.24, 2.45) is 0 Å². The van der Waals surface area contributed by atoms with Gasteiger partial charge in [0.05, 0.1) is 11.4 Å².